The first kappa shape index (κ1) is 30.9. The van der Waals surface area contributed by atoms with Crippen molar-refractivity contribution in [2.24, 2.45) is 14.1 Å². The lowest BCUT2D eigenvalue weighted by atomic mass is 10.1. The zero-order valence-corrected chi connectivity index (χ0v) is 25.3. The lowest BCUT2D eigenvalue weighted by Gasteiger charge is -2.10. The molecule has 0 atom stereocenters. The van der Waals surface area contributed by atoms with Gasteiger partial charge in [0.05, 0.1) is 34.7 Å². The third-order valence-electron chi connectivity index (χ3n) is 6.30. The molecule has 220 valence electrons. The first-order chi connectivity index (χ1) is 19.8. The molecule has 0 spiro atoms. The van der Waals surface area contributed by atoms with Crippen molar-refractivity contribution < 1.29 is 21.9 Å². The number of sulfonamides is 1. The molecule has 9 nitrogen and oxygen atoms in total. The molecule has 2 heterocycles. The molecular weight excluding hydrogens is 609 g/mol. The van der Waals surface area contributed by atoms with Crippen LogP contribution in [0.15, 0.2) is 83.7 Å². The molecule has 2 aromatic heterocycles. The maximum absolute atomic E-state index is 12.8. The van der Waals surface area contributed by atoms with E-state index in [4.69, 9.17) is 23.2 Å². The lowest BCUT2D eigenvalue weighted by Crippen LogP contribution is -2.39. The third-order valence-corrected chi connectivity index (χ3v) is 7.50. The number of benzene rings is 3. The summed E-state index contributed by atoms with van der Waals surface area (Å²) >= 11 is 11.8. The molecule has 0 fully saturated rings. The summed E-state index contributed by atoms with van der Waals surface area (Å²) in [7, 11) is 0.536. The zero-order chi connectivity index (χ0) is 30.8. The molecule has 0 radical (unpaired) electrons. The van der Waals surface area contributed by atoms with E-state index in [2.05, 4.69) is 87.9 Å². The Morgan fingerprint density at radius 2 is 1.50 bits per heavy atom. The van der Waals surface area contributed by atoms with E-state index in [1.54, 1.807) is 0 Å². The Labute approximate surface area is 251 Å². The number of anilines is 1. The van der Waals surface area contributed by atoms with Crippen LogP contribution in [0.4, 0.5) is 14.5 Å². The molecule has 0 bridgehead atoms. The summed E-state index contributed by atoms with van der Waals surface area (Å²) in [6.07, 6.45) is 0.902. The number of hydrogen-bond donors (Lipinski definition) is 1. The number of rotatable bonds is 6. The Bertz CT molecular complexity index is 1830. The second kappa shape index (κ2) is 12.5. The van der Waals surface area contributed by atoms with E-state index >= 15 is 0 Å². The number of aryl methyl sites for hydroxylation is 1. The molecule has 14 heteroatoms. The van der Waals surface area contributed by atoms with E-state index in [0.29, 0.717) is 4.68 Å². The van der Waals surface area contributed by atoms with Crippen molar-refractivity contribution in [1.82, 2.24) is 19.0 Å². The summed E-state index contributed by atoms with van der Waals surface area (Å²) < 4.78 is 55.6. The number of nitrogens with zero attached hydrogens (tertiary/aromatic N) is 5. The zero-order valence-electron chi connectivity index (χ0n) is 23.0. The molecule has 0 amide bonds. The summed E-state index contributed by atoms with van der Waals surface area (Å²) in [5, 5.41) is 3.63. The van der Waals surface area contributed by atoms with E-state index in [-0.39, 0.29) is 31.8 Å². The SMILES string of the molecule is Cc1nn(-c2cc(NS(C)(=O)=O)c(Cl)cc2Cl)c(=O)n1C(F)F.Cn1c(-c2ccccc2)cc(-c2ccccc2)[n+]1C. The topological polar surface area (TPSA) is 94.8 Å². The van der Waals surface area contributed by atoms with Crippen LogP contribution >= 0.6 is 23.2 Å². The van der Waals surface area contributed by atoms with Gasteiger partial charge in [0.25, 0.3) is 0 Å². The van der Waals surface area contributed by atoms with Crippen molar-refractivity contribution in [3.05, 3.63) is 105 Å². The quantitative estimate of drug-likeness (QED) is 0.246. The minimum absolute atomic E-state index is 0.0257. The molecule has 0 saturated heterocycles. The van der Waals surface area contributed by atoms with E-state index in [0.717, 1.165) is 12.3 Å². The normalized spacial score (nSPS) is 11.4. The highest BCUT2D eigenvalue weighted by Gasteiger charge is 2.21. The van der Waals surface area contributed by atoms with Crippen LogP contribution in [0, 0.1) is 6.92 Å². The summed E-state index contributed by atoms with van der Waals surface area (Å²) in [5.74, 6) is -0.228. The van der Waals surface area contributed by atoms with Crippen molar-refractivity contribution >= 4 is 38.9 Å². The van der Waals surface area contributed by atoms with E-state index in [1.165, 1.54) is 35.5 Å². The number of alkyl halides is 2. The van der Waals surface area contributed by atoms with Crippen LogP contribution < -0.4 is 15.1 Å². The molecule has 5 aromatic rings. The van der Waals surface area contributed by atoms with Crippen molar-refractivity contribution in [2.75, 3.05) is 11.0 Å². The summed E-state index contributed by atoms with van der Waals surface area (Å²) in [5.41, 5.74) is 3.65. The fourth-order valence-electron chi connectivity index (χ4n) is 4.23. The highest BCUT2D eigenvalue weighted by atomic mass is 35.5. The van der Waals surface area contributed by atoms with Crippen molar-refractivity contribution in [2.45, 2.75) is 13.5 Å². The Kier molecular flexibility index (Phi) is 9.19. The van der Waals surface area contributed by atoms with E-state index in [9.17, 15) is 22.0 Å². The summed E-state index contributed by atoms with van der Waals surface area (Å²) in [6.45, 7) is -1.85. The second-order valence-corrected chi connectivity index (χ2v) is 11.8. The monoisotopic (exact) mass is 635 g/mol. The number of hydrogen-bond acceptors (Lipinski definition) is 4. The standard InChI is InChI=1S/C17H17N2.C11H10Cl2F2N4O3S/c1-18-16(14-9-5-3-6-10-14)13-17(19(18)2)15-11-7-4-8-12-15;1-5-16-19(11(20)18(5)10(14)15)9-4-8(17-23(2,21)22)6(12)3-7(9)13/h3-13H,1-2H3;3-4,10,17H,1-2H3/q+1;. The van der Waals surface area contributed by atoms with Gasteiger partial charge in [0, 0.05) is 17.2 Å². The van der Waals surface area contributed by atoms with Gasteiger partial charge in [-0.25, -0.2) is 17.8 Å². The third kappa shape index (κ3) is 6.72. The average Bonchev–Trinajstić information content (AvgIpc) is 3.40. The van der Waals surface area contributed by atoms with Crippen LogP contribution in [0.1, 0.15) is 12.4 Å². The van der Waals surface area contributed by atoms with Crippen LogP contribution in [-0.2, 0) is 24.1 Å². The van der Waals surface area contributed by atoms with Crippen LogP contribution in [0.5, 0.6) is 0 Å². The van der Waals surface area contributed by atoms with Crippen LogP contribution in [-0.4, -0.2) is 33.7 Å². The van der Waals surface area contributed by atoms with Crippen molar-refractivity contribution in [3.63, 3.8) is 0 Å². The molecule has 42 heavy (non-hydrogen) atoms. The van der Waals surface area contributed by atoms with Gasteiger partial charge in [-0.2, -0.15) is 18.1 Å². The smallest absolute Gasteiger partial charge is 0.282 e. The van der Waals surface area contributed by atoms with Gasteiger partial charge in [-0.05, 0) is 31.2 Å². The van der Waals surface area contributed by atoms with Crippen LogP contribution in [0.2, 0.25) is 10.0 Å². The van der Waals surface area contributed by atoms with Gasteiger partial charge in [-0.3, -0.25) is 4.72 Å². The molecular formula is C28H27Cl2F2N6O3S+. The molecule has 0 aliphatic heterocycles. The summed E-state index contributed by atoms with van der Waals surface area (Å²) in [6, 6.07) is 25.5. The highest BCUT2D eigenvalue weighted by Crippen LogP contribution is 2.31. The second-order valence-electron chi connectivity index (χ2n) is 9.24. The van der Waals surface area contributed by atoms with Crippen molar-refractivity contribution in [1.29, 1.82) is 0 Å². The van der Waals surface area contributed by atoms with Crippen LogP contribution in [0.25, 0.3) is 28.2 Å². The first-order valence-corrected chi connectivity index (χ1v) is 15.0. The number of nitrogens with one attached hydrogen (secondary N) is 1. The fraction of sp³-hybridized carbons (Fsp3) is 0.179. The van der Waals surface area contributed by atoms with Gasteiger partial charge < -0.3 is 0 Å². The van der Waals surface area contributed by atoms with Crippen LogP contribution in [0.3, 0.4) is 0 Å². The Morgan fingerprint density at radius 3 is 2.02 bits per heavy atom. The molecule has 0 aliphatic carbocycles. The Balaban J connectivity index is 0.000000196. The van der Waals surface area contributed by atoms with Gasteiger partial charge in [-0.1, -0.05) is 71.7 Å². The molecule has 0 aliphatic rings. The molecule has 1 N–H and O–H groups in total. The average molecular weight is 637 g/mol. The highest BCUT2D eigenvalue weighted by molar-refractivity contribution is 7.92. The maximum atomic E-state index is 12.8. The van der Waals surface area contributed by atoms with E-state index in [1.807, 2.05) is 12.1 Å². The summed E-state index contributed by atoms with van der Waals surface area (Å²) in [4.78, 5) is 12.0. The first-order valence-electron chi connectivity index (χ1n) is 12.4. The predicted molar refractivity (Wildman–Crippen MR) is 160 cm³/mol. The predicted octanol–water partition coefficient (Wildman–Crippen LogP) is 5.60. The van der Waals surface area contributed by atoms with Gasteiger partial charge >= 0.3 is 12.2 Å². The Hall–Kier alpha value is -4.00. The largest absolute Gasteiger partial charge is 0.355 e. The van der Waals surface area contributed by atoms with Gasteiger partial charge in [0.1, 0.15) is 11.5 Å². The van der Waals surface area contributed by atoms with Gasteiger partial charge in [0.15, 0.2) is 7.05 Å². The minimum Gasteiger partial charge on any atom is -0.282 e. The molecule has 5 rings (SSSR count). The number of aromatic nitrogens is 5. The van der Waals surface area contributed by atoms with Crippen molar-refractivity contribution in [3.8, 4) is 28.2 Å². The maximum Gasteiger partial charge on any atom is 0.355 e. The molecule has 0 saturated carbocycles. The Morgan fingerprint density at radius 1 is 0.929 bits per heavy atom. The molecule has 3 aromatic carbocycles. The minimum atomic E-state index is -3.65. The van der Waals surface area contributed by atoms with E-state index < -0.39 is 22.3 Å². The van der Waals surface area contributed by atoms with Gasteiger partial charge in [0.2, 0.25) is 15.7 Å². The lowest BCUT2D eigenvalue weighted by molar-refractivity contribution is -0.740. The number of halogens is 4. The molecule has 0 unspecified atom stereocenters. The van der Waals surface area contributed by atoms with Gasteiger partial charge in [-0.15, -0.1) is 9.78 Å². The fourth-order valence-corrected chi connectivity index (χ4v) is 5.37.